The number of nitro benzene ring substituents is 1. The number of amides is 1. The number of non-ortho nitro benzene ring substituents is 1. The van der Waals surface area contributed by atoms with Gasteiger partial charge in [-0.1, -0.05) is 0 Å². The molecular weight excluding hydrogens is 422 g/mol. The minimum atomic E-state index is -0.508. The van der Waals surface area contributed by atoms with Crippen LogP contribution in [0.2, 0.25) is 0 Å². The smallest absolute Gasteiger partial charge is 0.271 e. The quantitative estimate of drug-likeness (QED) is 0.245. The summed E-state index contributed by atoms with van der Waals surface area (Å²) >= 11 is 1.22. The normalized spacial score (nSPS) is 10.6. The highest BCUT2D eigenvalue weighted by atomic mass is 32.2. The van der Waals surface area contributed by atoms with Crippen molar-refractivity contribution in [2.75, 3.05) is 14.2 Å². The topological polar surface area (TPSA) is 129 Å². The van der Waals surface area contributed by atoms with E-state index in [1.165, 1.54) is 56.5 Å². The molecule has 0 spiro atoms. The molecule has 1 heterocycles. The van der Waals surface area contributed by atoms with Crippen molar-refractivity contribution in [3.05, 3.63) is 76.1 Å². The Balaban J connectivity index is 1.82. The number of carbonyl (C=O) groups is 1. The summed E-state index contributed by atoms with van der Waals surface area (Å²) in [6.07, 6.45) is 4.52. The number of aromatic nitrogens is 2. The van der Waals surface area contributed by atoms with Crippen molar-refractivity contribution in [2.45, 2.75) is 10.1 Å². The molecule has 1 N–H and O–H groups in total. The van der Waals surface area contributed by atoms with E-state index in [2.05, 4.69) is 20.5 Å². The molecule has 0 aliphatic heterocycles. The zero-order chi connectivity index (χ0) is 22.2. The molecule has 0 bridgehead atoms. The van der Waals surface area contributed by atoms with E-state index in [4.69, 9.17) is 9.47 Å². The van der Waals surface area contributed by atoms with Crippen LogP contribution in [0.1, 0.15) is 15.9 Å². The SMILES string of the molecule is COc1cc(OC)cc(C(=O)N/N=C/c2cc([N+](=O)[O-])ccc2Sc2ncccn2)c1. The predicted molar refractivity (Wildman–Crippen MR) is 114 cm³/mol. The Morgan fingerprint density at radius 1 is 1.13 bits per heavy atom. The molecule has 3 rings (SSSR count). The van der Waals surface area contributed by atoms with Gasteiger partial charge in [0.2, 0.25) is 0 Å². The number of rotatable bonds is 8. The monoisotopic (exact) mass is 439 g/mol. The number of benzene rings is 2. The van der Waals surface area contributed by atoms with Gasteiger partial charge < -0.3 is 9.47 Å². The first-order valence-electron chi connectivity index (χ1n) is 8.80. The largest absolute Gasteiger partial charge is 0.497 e. The number of carbonyl (C=O) groups excluding carboxylic acids is 1. The molecule has 3 aromatic rings. The van der Waals surface area contributed by atoms with Crippen molar-refractivity contribution in [3.8, 4) is 11.5 Å². The number of nitrogens with zero attached hydrogens (tertiary/aromatic N) is 4. The van der Waals surface area contributed by atoms with Gasteiger partial charge in [-0.25, -0.2) is 15.4 Å². The van der Waals surface area contributed by atoms with Gasteiger partial charge in [0.25, 0.3) is 11.6 Å². The van der Waals surface area contributed by atoms with Crippen LogP contribution < -0.4 is 14.9 Å². The molecule has 0 unspecified atom stereocenters. The molecule has 1 amide bonds. The lowest BCUT2D eigenvalue weighted by Gasteiger charge is -2.07. The summed E-state index contributed by atoms with van der Waals surface area (Å²) in [5.41, 5.74) is 2.99. The first kappa shape index (κ1) is 21.7. The zero-order valence-electron chi connectivity index (χ0n) is 16.5. The summed E-state index contributed by atoms with van der Waals surface area (Å²) in [5.74, 6) is 0.405. The lowest BCUT2D eigenvalue weighted by Crippen LogP contribution is -2.17. The molecular formula is C20H17N5O5S. The van der Waals surface area contributed by atoms with Crippen molar-refractivity contribution in [1.82, 2.24) is 15.4 Å². The Bertz CT molecular complexity index is 1100. The van der Waals surface area contributed by atoms with Crippen LogP contribution in [0, 0.1) is 10.1 Å². The fourth-order valence-corrected chi connectivity index (χ4v) is 3.23. The number of hydrazone groups is 1. The van der Waals surface area contributed by atoms with Crippen LogP contribution in [0.5, 0.6) is 11.5 Å². The van der Waals surface area contributed by atoms with Crippen molar-refractivity contribution in [1.29, 1.82) is 0 Å². The lowest BCUT2D eigenvalue weighted by atomic mass is 10.2. The number of nitrogens with one attached hydrogen (secondary N) is 1. The molecule has 11 heteroatoms. The number of methoxy groups -OCH3 is 2. The van der Waals surface area contributed by atoms with E-state index >= 15 is 0 Å². The highest BCUT2D eigenvalue weighted by molar-refractivity contribution is 7.99. The van der Waals surface area contributed by atoms with Crippen LogP contribution in [0.3, 0.4) is 0 Å². The molecule has 0 radical (unpaired) electrons. The van der Waals surface area contributed by atoms with Gasteiger partial charge in [-0.15, -0.1) is 0 Å². The molecule has 31 heavy (non-hydrogen) atoms. The summed E-state index contributed by atoms with van der Waals surface area (Å²) in [5, 5.41) is 15.6. The third-order valence-corrected chi connectivity index (χ3v) is 4.92. The van der Waals surface area contributed by atoms with Crippen LogP contribution >= 0.6 is 11.8 Å². The van der Waals surface area contributed by atoms with Gasteiger partial charge in [-0.2, -0.15) is 5.10 Å². The average molecular weight is 439 g/mol. The van der Waals surface area contributed by atoms with Crippen LogP contribution in [-0.2, 0) is 0 Å². The first-order valence-corrected chi connectivity index (χ1v) is 9.61. The van der Waals surface area contributed by atoms with Crippen molar-refractivity contribution in [3.63, 3.8) is 0 Å². The Morgan fingerprint density at radius 3 is 2.42 bits per heavy atom. The van der Waals surface area contributed by atoms with E-state index < -0.39 is 10.8 Å². The van der Waals surface area contributed by atoms with Crippen molar-refractivity contribution in [2.24, 2.45) is 5.10 Å². The van der Waals surface area contributed by atoms with E-state index in [-0.39, 0.29) is 11.3 Å². The van der Waals surface area contributed by atoms with Gasteiger partial charge in [0.15, 0.2) is 5.16 Å². The van der Waals surface area contributed by atoms with E-state index in [9.17, 15) is 14.9 Å². The van der Waals surface area contributed by atoms with Crippen LogP contribution in [-0.4, -0.2) is 41.2 Å². The summed E-state index contributed by atoms with van der Waals surface area (Å²) in [6.45, 7) is 0. The summed E-state index contributed by atoms with van der Waals surface area (Å²) in [6, 6.07) is 10.7. The molecule has 0 atom stereocenters. The third kappa shape index (κ3) is 5.76. The molecule has 10 nitrogen and oxygen atoms in total. The van der Waals surface area contributed by atoms with Crippen LogP contribution in [0.15, 0.2) is 70.0 Å². The van der Waals surface area contributed by atoms with Crippen LogP contribution in [0.25, 0.3) is 0 Å². The lowest BCUT2D eigenvalue weighted by molar-refractivity contribution is -0.384. The van der Waals surface area contributed by atoms with E-state index in [0.29, 0.717) is 27.1 Å². The second-order valence-corrected chi connectivity index (χ2v) is 6.92. The number of hydrogen-bond donors (Lipinski definition) is 1. The van der Waals surface area contributed by atoms with Gasteiger partial charge >= 0.3 is 0 Å². The second-order valence-electron chi connectivity index (χ2n) is 5.91. The summed E-state index contributed by atoms with van der Waals surface area (Å²) in [4.78, 5) is 32.0. The highest BCUT2D eigenvalue weighted by Crippen LogP contribution is 2.29. The molecule has 0 aliphatic carbocycles. The summed E-state index contributed by atoms with van der Waals surface area (Å²) < 4.78 is 10.3. The molecule has 0 fully saturated rings. The summed E-state index contributed by atoms with van der Waals surface area (Å²) in [7, 11) is 2.96. The van der Waals surface area contributed by atoms with Gasteiger partial charge in [-0.3, -0.25) is 14.9 Å². The number of hydrogen-bond acceptors (Lipinski definition) is 9. The number of ether oxygens (including phenoxy) is 2. The van der Waals surface area contributed by atoms with E-state index in [1.807, 2.05) is 0 Å². The minimum absolute atomic E-state index is 0.108. The molecule has 0 saturated carbocycles. The van der Waals surface area contributed by atoms with E-state index in [1.54, 1.807) is 30.6 Å². The Morgan fingerprint density at radius 2 is 1.81 bits per heavy atom. The molecule has 0 aliphatic rings. The maximum absolute atomic E-state index is 12.5. The Hall–Kier alpha value is -3.99. The third-order valence-electron chi connectivity index (χ3n) is 3.93. The van der Waals surface area contributed by atoms with E-state index in [0.717, 1.165) is 0 Å². The predicted octanol–water partition coefficient (Wildman–Crippen LogP) is 3.32. The minimum Gasteiger partial charge on any atom is -0.497 e. The van der Waals surface area contributed by atoms with Gasteiger partial charge in [0.1, 0.15) is 11.5 Å². The average Bonchev–Trinajstić information content (AvgIpc) is 2.80. The van der Waals surface area contributed by atoms with Crippen molar-refractivity contribution >= 4 is 29.6 Å². The zero-order valence-corrected chi connectivity index (χ0v) is 17.3. The molecule has 2 aromatic carbocycles. The van der Waals surface area contributed by atoms with Crippen molar-refractivity contribution < 1.29 is 19.2 Å². The highest BCUT2D eigenvalue weighted by Gasteiger charge is 2.13. The Labute approximate surface area is 181 Å². The van der Waals surface area contributed by atoms with Gasteiger partial charge in [0.05, 0.1) is 25.4 Å². The maximum atomic E-state index is 12.5. The maximum Gasteiger partial charge on any atom is 0.271 e. The Kier molecular flexibility index (Phi) is 7.12. The fraction of sp³-hybridized carbons (Fsp3) is 0.100. The first-order chi connectivity index (χ1) is 15.0. The van der Waals surface area contributed by atoms with Crippen LogP contribution in [0.4, 0.5) is 5.69 Å². The van der Waals surface area contributed by atoms with Gasteiger partial charge in [0, 0.05) is 46.6 Å². The molecule has 0 saturated heterocycles. The number of nitro groups is 1. The fourth-order valence-electron chi connectivity index (χ4n) is 2.44. The molecule has 158 valence electrons. The standard InChI is InChI=1S/C20H17N5O5S/c1-29-16-9-13(10-17(11-16)30-2)19(26)24-23-12-14-8-15(25(27)28)4-5-18(14)31-20-21-6-3-7-22-20/h3-12H,1-2H3,(H,24,26)/b23-12+. The molecule has 1 aromatic heterocycles. The van der Waals surface area contributed by atoms with Gasteiger partial charge in [-0.05, 0) is 36.0 Å². The second kappa shape index (κ2) is 10.2.